The Kier molecular flexibility index (Phi) is 7.21. The summed E-state index contributed by atoms with van der Waals surface area (Å²) in [7, 11) is 3.21. The van der Waals surface area contributed by atoms with Gasteiger partial charge in [0, 0.05) is 24.6 Å². The van der Waals surface area contributed by atoms with Crippen LogP contribution in [0.1, 0.15) is 37.1 Å². The quantitative estimate of drug-likeness (QED) is 0.725. The first-order valence-corrected chi connectivity index (χ1v) is 10.1. The van der Waals surface area contributed by atoms with Crippen LogP contribution in [0.5, 0.6) is 11.5 Å². The molecule has 1 aromatic heterocycles. The lowest BCUT2D eigenvalue weighted by Gasteiger charge is -2.32. The predicted molar refractivity (Wildman–Crippen MR) is 111 cm³/mol. The summed E-state index contributed by atoms with van der Waals surface area (Å²) in [6, 6.07) is 8.76. The number of amides is 3. The van der Waals surface area contributed by atoms with Crippen molar-refractivity contribution in [1.82, 2.24) is 15.5 Å². The summed E-state index contributed by atoms with van der Waals surface area (Å²) in [5.41, 5.74) is 0.861. The maximum Gasteiger partial charge on any atom is 0.317 e. The second kappa shape index (κ2) is 10.0. The number of carbonyl (C=O) groups is 2. The largest absolute Gasteiger partial charge is 0.497 e. The third-order valence-corrected chi connectivity index (χ3v) is 5.41. The Morgan fingerprint density at radius 1 is 1.20 bits per heavy atom. The number of likely N-dealkylation sites (tertiary alicyclic amines) is 1. The van der Waals surface area contributed by atoms with Crippen molar-refractivity contribution < 1.29 is 23.5 Å². The molecule has 0 aliphatic carbocycles. The lowest BCUT2D eigenvalue weighted by Crippen LogP contribution is -2.46. The summed E-state index contributed by atoms with van der Waals surface area (Å²) in [5.74, 6) is 1.98. The molecule has 8 nitrogen and oxygen atoms in total. The fraction of sp³-hybridized carbons (Fsp3) is 0.455. The van der Waals surface area contributed by atoms with Crippen molar-refractivity contribution in [2.45, 2.75) is 32.4 Å². The van der Waals surface area contributed by atoms with Gasteiger partial charge in [0.2, 0.25) is 5.91 Å². The van der Waals surface area contributed by atoms with Crippen LogP contribution < -0.4 is 20.1 Å². The van der Waals surface area contributed by atoms with E-state index in [9.17, 15) is 9.59 Å². The van der Waals surface area contributed by atoms with E-state index in [2.05, 4.69) is 10.6 Å². The van der Waals surface area contributed by atoms with Gasteiger partial charge in [0.25, 0.3) is 0 Å². The highest BCUT2D eigenvalue weighted by atomic mass is 16.5. The Balaban J connectivity index is 1.50. The van der Waals surface area contributed by atoms with Crippen molar-refractivity contribution in [2.24, 2.45) is 5.92 Å². The first kappa shape index (κ1) is 21.5. The Labute approximate surface area is 176 Å². The first-order valence-electron chi connectivity index (χ1n) is 10.1. The van der Waals surface area contributed by atoms with Crippen LogP contribution in [0.25, 0.3) is 0 Å². The maximum absolute atomic E-state index is 12.8. The third-order valence-electron chi connectivity index (χ3n) is 5.41. The number of nitrogens with zero attached hydrogens (tertiary/aromatic N) is 1. The van der Waals surface area contributed by atoms with Gasteiger partial charge in [-0.2, -0.15) is 0 Å². The number of nitrogens with one attached hydrogen (secondary N) is 2. The van der Waals surface area contributed by atoms with Gasteiger partial charge in [-0.3, -0.25) is 4.79 Å². The van der Waals surface area contributed by atoms with E-state index in [1.54, 1.807) is 31.4 Å². The lowest BCUT2D eigenvalue weighted by molar-refractivity contribution is -0.126. The average Bonchev–Trinajstić information content (AvgIpc) is 3.30. The predicted octanol–water partition coefficient (Wildman–Crippen LogP) is 3.10. The number of urea groups is 1. The van der Waals surface area contributed by atoms with Crippen molar-refractivity contribution in [3.63, 3.8) is 0 Å². The zero-order valence-electron chi connectivity index (χ0n) is 17.6. The molecule has 1 aliphatic rings. The van der Waals surface area contributed by atoms with Crippen LogP contribution in [-0.2, 0) is 11.3 Å². The van der Waals surface area contributed by atoms with Gasteiger partial charge >= 0.3 is 6.03 Å². The van der Waals surface area contributed by atoms with Gasteiger partial charge in [0.1, 0.15) is 17.3 Å². The van der Waals surface area contributed by atoms with Crippen LogP contribution in [0.3, 0.4) is 0 Å². The lowest BCUT2D eigenvalue weighted by atomic mass is 9.95. The summed E-state index contributed by atoms with van der Waals surface area (Å²) in [5, 5.41) is 5.92. The van der Waals surface area contributed by atoms with E-state index in [0.717, 1.165) is 5.56 Å². The minimum absolute atomic E-state index is 0.0111. The Morgan fingerprint density at radius 2 is 1.97 bits per heavy atom. The number of benzene rings is 1. The molecule has 0 spiro atoms. The molecule has 2 heterocycles. The Morgan fingerprint density at radius 3 is 2.60 bits per heavy atom. The van der Waals surface area contributed by atoms with Crippen molar-refractivity contribution >= 4 is 11.9 Å². The Bertz CT molecular complexity index is 844. The van der Waals surface area contributed by atoms with Gasteiger partial charge < -0.3 is 29.4 Å². The van der Waals surface area contributed by atoms with Crippen molar-refractivity contribution in [3.8, 4) is 11.5 Å². The highest BCUT2D eigenvalue weighted by molar-refractivity contribution is 5.80. The van der Waals surface area contributed by atoms with E-state index in [0.29, 0.717) is 49.7 Å². The van der Waals surface area contributed by atoms with Crippen LogP contribution in [0.15, 0.2) is 41.0 Å². The summed E-state index contributed by atoms with van der Waals surface area (Å²) in [6.45, 7) is 3.36. The van der Waals surface area contributed by atoms with E-state index >= 15 is 0 Å². The number of hydrogen-bond donors (Lipinski definition) is 2. The number of furan rings is 1. The van der Waals surface area contributed by atoms with Gasteiger partial charge in [-0.25, -0.2) is 4.79 Å². The summed E-state index contributed by atoms with van der Waals surface area (Å²) >= 11 is 0. The molecule has 3 rings (SSSR count). The maximum atomic E-state index is 12.8. The molecule has 0 radical (unpaired) electrons. The van der Waals surface area contributed by atoms with Gasteiger partial charge in [0.15, 0.2) is 0 Å². The summed E-state index contributed by atoms with van der Waals surface area (Å²) in [6.07, 6.45) is 2.83. The van der Waals surface area contributed by atoms with E-state index in [1.165, 1.54) is 0 Å². The minimum Gasteiger partial charge on any atom is -0.497 e. The smallest absolute Gasteiger partial charge is 0.317 e. The van der Waals surface area contributed by atoms with E-state index in [-0.39, 0.29) is 23.9 Å². The summed E-state index contributed by atoms with van der Waals surface area (Å²) < 4.78 is 15.9. The molecule has 0 unspecified atom stereocenters. The molecule has 2 N–H and O–H groups in total. The van der Waals surface area contributed by atoms with Crippen molar-refractivity contribution in [2.75, 3.05) is 27.3 Å². The third kappa shape index (κ3) is 5.25. The molecule has 2 aromatic rings. The van der Waals surface area contributed by atoms with E-state index < -0.39 is 0 Å². The van der Waals surface area contributed by atoms with E-state index in [1.807, 2.05) is 31.2 Å². The standard InChI is InChI=1S/C22H29N3O5/c1-15(19-13-17(28-2)6-7-20(19)29-3)24-21(26)16-8-10-25(11-9-16)22(27)23-14-18-5-4-12-30-18/h4-7,12-13,15-16H,8-11,14H2,1-3H3,(H,23,27)(H,24,26)/t15-/m0/s1. The SMILES string of the molecule is COc1ccc(OC)c([C@H](C)NC(=O)C2CCN(C(=O)NCc3ccco3)CC2)c1. The molecule has 1 fully saturated rings. The molecular formula is C22H29N3O5. The number of piperidine rings is 1. The molecule has 1 atom stereocenters. The minimum atomic E-state index is -0.225. The molecule has 162 valence electrons. The Hall–Kier alpha value is -3.16. The second-order valence-electron chi connectivity index (χ2n) is 7.34. The zero-order valence-corrected chi connectivity index (χ0v) is 17.6. The molecule has 1 aliphatic heterocycles. The molecule has 1 saturated heterocycles. The van der Waals surface area contributed by atoms with Gasteiger partial charge in [0.05, 0.1) is 33.1 Å². The van der Waals surface area contributed by atoms with Crippen LogP contribution in [0.4, 0.5) is 4.79 Å². The van der Waals surface area contributed by atoms with E-state index in [4.69, 9.17) is 13.9 Å². The fourth-order valence-corrected chi connectivity index (χ4v) is 3.62. The molecule has 0 saturated carbocycles. The number of ether oxygens (including phenoxy) is 2. The van der Waals surface area contributed by atoms with Crippen LogP contribution in [0, 0.1) is 5.92 Å². The number of carbonyl (C=O) groups excluding carboxylic acids is 2. The first-order chi connectivity index (χ1) is 14.5. The summed E-state index contributed by atoms with van der Waals surface area (Å²) in [4.78, 5) is 26.8. The number of rotatable bonds is 7. The second-order valence-corrected chi connectivity index (χ2v) is 7.34. The van der Waals surface area contributed by atoms with Crippen LogP contribution in [-0.4, -0.2) is 44.1 Å². The van der Waals surface area contributed by atoms with Crippen molar-refractivity contribution in [3.05, 3.63) is 47.9 Å². The highest BCUT2D eigenvalue weighted by Crippen LogP contribution is 2.30. The normalized spacial score (nSPS) is 15.4. The van der Waals surface area contributed by atoms with Gasteiger partial charge in [-0.15, -0.1) is 0 Å². The van der Waals surface area contributed by atoms with Gasteiger partial charge in [-0.05, 0) is 50.1 Å². The van der Waals surface area contributed by atoms with Crippen molar-refractivity contribution in [1.29, 1.82) is 0 Å². The monoisotopic (exact) mass is 415 g/mol. The highest BCUT2D eigenvalue weighted by Gasteiger charge is 2.28. The topological polar surface area (TPSA) is 93.0 Å². The number of methoxy groups -OCH3 is 2. The molecule has 30 heavy (non-hydrogen) atoms. The average molecular weight is 415 g/mol. The molecule has 8 heteroatoms. The zero-order chi connectivity index (χ0) is 21.5. The molecule has 0 bridgehead atoms. The van der Waals surface area contributed by atoms with Gasteiger partial charge in [-0.1, -0.05) is 0 Å². The fourth-order valence-electron chi connectivity index (χ4n) is 3.62. The molecule has 1 aromatic carbocycles. The van der Waals surface area contributed by atoms with Crippen LogP contribution >= 0.6 is 0 Å². The van der Waals surface area contributed by atoms with Crippen LogP contribution in [0.2, 0.25) is 0 Å². The number of hydrogen-bond acceptors (Lipinski definition) is 5. The molecule has 3 amide bonds. The molecular weight excluding hydrogens is 386 g/mol.